The highest BCUT2D eigenvalue weighted by atomic mass is 16.5. The second kappa shape index (κ2) is 6.28. The summed E-state index contributed by atoms with van der Waals surface area (Å²) in [5.41, 5.74) is 6.88. The number of nitrogens with two attached hydrogens (primary N) is 1. The molecule has 2 rings (SSSR count). The number of methoxy groups -OCH3 is 1. The van der Waals surface area contributed by atoms with E-state index in [0.717, 1.165) is 5.56 Å². The summed E-state index contributed by atoms with van der Waals surface area (Å²) < 4.78 is 4.99. The molecule has 20 heavy (non-hydrogen) atoms. The van der Waals surface area contributed by atoms with Gasteiger partial charge in [-0.25, -0.2) is 4.98 Å². The second-order valence-corrected chi connectivity index (χ2v) is 3.75. The van der Waals surface area contributed by atoms with E-state index in [2.05, 4.69) is 20.2 Å². The first-order valence-electron chi connectivity index (χ1n) is 5.70. The molecule has 0 fully saturated rings. The first kappa shape index (κ1) is 13.5. The van der Waals surface area contributed by atoms with Crippen LogP contribution in [0.4, 0.5) is 0 Å². The fourth-order valence-electron chi connectivity index (χ4n) is 1.41. The van der Waals surface area contributed by atoms with Crippen LogP contribution in [-0.2, 0) is 0 Å². The molecule has 0 aliphatic heterocycles. The molecule has 0 bridgehead atoms. The van der Waals surface area contributed by atoms with Gasteiger partial charge >= 0.3 is 0 Å². The summed E-state index contributed by atoms with van der Waals surface area (Å²) in [5, 5.41) is 17.1. The van der Waals surface area contributed by atoms with Crippen LogP contribution in [0.1, 0.15) is 11.3 Å². The molecule has 1 aromatic heterocycles. The van der Waals surface area contributed by atoms with E-state index in [1.165, 1.54) is 31.8 Å². The summed E-state index contributed by atoms with van der Waals surface area (Å²) >= 11 is 0. The molecule has 7 nitrogen and oxygen atoms in total. The topological polar surface area (TPSA) is 106 Å². The van der Waals surface area contributed by atoms with Gasteiger partial charge in [0.15, 0.2) is 17.3 Å². The minimum absolute atomic E-state index is 0.0622. The van der Waals surface area contributed by atoms with Crippen molar-refractivity contribution in [2.75, 3.05) is 7.11 Å². The largest absolute Gasteiger partial charge is 0.504 e. The first-order chi connectivity index (χ1) is 9.70. The van der Waals surface area contributed by atoms with Crippen LogP contribution in [0.2, 0.25) is 0 Å². The smallest absolute Gasteiger partial charge is 0.173 e. The predicted octanol–water partition coefficient (Wildman–Crippen LogP) is 0.930. The molecule has 3 N–H and O–H groups in total. The fourth-order valence-corrected chi connectivity index (χ4v) is 1.41. The van der Waals surface area contributed by atoms with Crippen LogP contribution in [0.15, 0.2) is 47.0 Å². The summed E-state index contributed by atoms with van der Waals surface area (Å²) in [7, 11) is 1.47. The van der Waals surface area contributed by atoms with Gasteiger partial charge in [-0.2, -0.15) is 5.10 Å². The van der Waals surface area contributed by atoms with Gasteiger partial charge < -0.3 is 15.6 Å². The van der Waals surface area contributed by atoms with E-state index < -0.39 is 0 Å². The predicted molar refractivity (Wildman–Crippen MR) is 75.0 cm³/mol. The molecule has 0 saturated heterocycles. The zero-order chi connectivity index (χ0) is 14.4. The van der Waals surface area contributed by atoms with E-state index in [1.807, 2.05) is 0 Å². The van der Waals surface area contributed by atoms with Gasteiger partial charge in [0.1, 0.15) is 5.69 Å². The van der Waals surface area contributed by atoms with E-state index in [0.29, 0.717) is 11.4 Å². The summed E-state index contributed by atoms with van der Waals surface area (Å²) in [4.78, 5) is 7.88. The molecule has 1 aromatic carbocycles. The lowest BCUT2D eigenvalue weighted by atomic mass is 10.2. The summed E-state index contributed by atoms with van der Waals surface area (Å²) in [6.07, 6.45) is 6.05. The van der Waals surface area contributed by atoms with Crippen molar-refractivity contribution in [1.29, 1.82) is 0 Å². The Bertz CT molecular complexity index is 640. The lowest BCUT2D eigenvalue weighted by Gasteiger charge is -2.02. The van der Waals surface area contributed by atoms with Gasteiger partial charge in [-0.1, -0.05) is 0 Å². The number of phenolic OH excluding ortho intramolecular Hbond substituents is 1. The average molecular weight is 271 g/mol. The van der Waals surface area contributed by atoms with Crippen LogP contribution in [0.3, 0.4) is 0 Å². The highest BCUT2D eigenvalue weighted by Gasteiger charge is 2.01. The van der Waals surface area contributed by atoms with Crippen molar-refractivity contribution < 1.29 is 9.84 Å². The van der Waals surface area contributed by atoms with E-state index in [-0.39, 0.29) is 11.6 Å². The molecule has 0 atom stereocenters. The van der Waals surface area contributed by atoms with Crippen LogP contribution in [0, 0.1) is 0 Å². The van der Waals surface area contributed by atoms with Crippen LogP contribution in [0.25, 0.3) is 0 Å². The van der Waals surface area contributed by atoms with Crippen molar-refractivity contribution in [3.63, 3.8) is 0 Å². The monoisotopic (exact) mass is 271 g/mol. The number of aromatic hydroxyl groups is 1. The Hall–Kier alpha value is -2.96. The molecule has 0 amide bonds. The van der Waals surface area contributed by atoms with Crippen molar-refractivity contribution in [2.24, 2.45) is 15.9 Å². The molecule has 0 radical (unpaired) electrons. The molecule has 0 aliphatic rings. The SMILES string of the molecule is COc1cc(/C=N/N=C(\N)c2cnccn2)ccc1O. The van der Waals surface area contributed by atoms with Crippen LogP contribution >= 0.6 is 0 Å². The minimum Gasteiger partial charge on any atom is -0.504 e. The Balaban J connectivity index is 2.14. The number of nitrogens with zero attached hydrogens (tertiary/aromatic N) is 4. The van der Waals surface area contributed by atoms with Crippen molar-refractivity contribution in [2.45, 2.75) is 0 Å². The minimum atomic E-state index is 0.0622. The maximum Gasteiger partial charge on any atom is 0.173 e. The van der Waals surface area contributed by atoms with Gasteiger partial charge in [-0.15, -0.1) is 5.10 Å². The Morgan fingerprint density at radius 1 is 1.40 bits per heavy atom. The Labute approximate surface area is 115 Å². The van der Waals surface area contributed by atoms with Crippen molar-refractivity contribution in [3.05, 3.63) is 48.0 Å². The molecule has 0 unspecified atom stereocenters. The van der Waals surface area contributed by atoms with Gasteiger partial charge in [0.05, 0.1) is 19.5 Å². The standard InChI is InChI=1S/C13H13N5O2/c1-20-12-6-9(2-3-11(12)19)7-17-18-13(14)10-8-15-4-5-16-10/h2-8,19H,1H3,(H2,14,18)/b17-7+. The maximum absolute atomic E-state index is 9.47. The summed E-state index contributed by atoms with van der Waals surface area (Å²) in [5.74, 6) is 0.590. The third-order valence-electron chi connectivity index (χ3n) is 2.40. The number of rotatable bonds is 4. The van der Waals surface area contributed by atoms with Gasteiger partial charge in [0, 0.05) is 12.4 Å². The van der Waals surface area contributed by atoms with Gasteiger partial charge in [0.2, 0.25) is 0 Å². The molecule has 2 aromatic rings. The zero-order valence-electron chi connectivity index (χ0n) is 10.8. The molecular weight excluding hydrogens is 258 g/mol. The highest BCUT2D eigenvalue weighted by Crippen LogP contribution is 2.25. The zero-order valence-corrected chi connectivity index (χ0v) is 10.8. The molecule has 0 spiro atoms. The molecule has 7 heteroatoms. The summed E-state index contributed by atoms with van der Waals surface area (Å²) in [6, 6.07) is 4.82. The van der Waals surface area contributed by atoms with Crippen LogP contribution in [-0.4, -0.2) is 34.2 Å². The number of phenols is 1. The Morgan fingerprint density at radius 2 is 2.25 bits per heavy atom. The Kier molecular flexibility index (Phi) is 4.23. The Morgan fingerprint density at radius 3 is 2.95 bits per heavy atom. The van der Waals surface area contributed by atoms with Crippen molar-refractivity contribution in [1.82, 2.24) is 9.97 Å². The van der Waals surface area contributed by atoms with E-state index in [1.54, 1.807) is 18.3 Å². The lowest BCUT2D eigenvalue weighted by molar-refractivity contribution is 0.373. The number of hydrogen-bond donors (Lipinski definition) is 2. The quantitative estimate of drug-likeness (QED) is 0.489. The molecule has 0 aliphatic carbocycles. The van der Waals surface area contributed by atoms with Crippen LogP contribution in [0.5, 0.6) is 11.5 Å². The molecule has 102 valence electrons. The fraction of sp³-hybridized carbons (Fsp3) is 0.0769. The first-order valence-corrected chi connectivity index (χ1v) is 5.70. The van der Waals surface area contributed by atoms with Gasteiger partial charge in [0.25, 0.3) is 0 Å². The van der Waals surface area contributed by atoms with E-state index in [4.69, 9.17) is 10.5 Å². The van der Waals surface area contributed by atoms with Crippen LogP contribution < -0.4 is 10.5 Å². The maximum atomic E-state index is 9.47. The number of ether oxygens (including phenoxy) is 1. The second-order valence-electron chi connectivity index (χ2n) is 3.75. The molecule has 1 heterocycles. The molecular formula is C13H13N5O2. The number of aromatic nitrogens is 2. The van der Waals surface area contributed by atoms with Gasteiger partial charge in [-0.3, -0.25) is 4.98 Å². The lowest BCUT2D eigenvalue weighted by Crippen LogP contribution is -2.14. The number of hydrogen-bond acceptors (Lipinski definition) is 6. The van der Waals surface area contributed by atoms with Crippen molar-refractivity contribution >= 4 is 12.1 Å². The van der Waals surface area contributed by atoms with E-state index in [9.17, 15) is 5.11 Å². The van der Waals surface area contributed by atoms with Gasteiger partial charge in [-0.05, 0) is 23.8 Å². The normalized spacial score (nSPS) is 11.8. The highest BCUT2D eigenvalue weighted by molar-refractivity contribution is 5.95. The average Bonchev–Trinajstić information content (AvgIpc) is 2.49. The number of amidine groups is 1. The van der Waals surface area contributed by atoms with Crippen molar-refractivity contribution in [3.8, 4) is 11.5 Å². The number of benzene rings is 1. The third-order valence-corrected chi connectivity index (χ3v) is 2.40. The summed E-state index contributed by atoms with van der Waals surface area (Å²) in [6.45, 7) is 0. The van der Waals surface area contributed by atoms with E-state index >= 15 is 0 Å². The molecule has 0 saturated carbocycles. The third kappa shape index (κ3) is 3.29.